The van der Waals surface area contributed by atoms with Crippen molar-refractivity contribution in [3.8, 4) is 5.88 Å². The number of benzene rings is 1. The van der Waals surface area contributed by atoms with Gasteiger partial charge in [0.05, 0.1) is 10.1 Å². The maximum Gasteiger partial charge on any atom is 0.233 e. The molecule has 3 rings (SSSR count). The molecular formula is C14H19N3OS. The summed E-state index contributed by atoms with van der Waals surface area (Å²) in [5, 5.41) is 1.12. The van der Waals surface area contributed by atoms with Crippen LogP contribution in [0.4, 0.5) is 0 Å². The van der Waals surface area contributed by atoms with E-state index in [4.69, 9.17) is 10.5 Å². The monoisotopic (exact) mass is 277 g/mol. The first-order valence-electron chi connectivity index (χ1n) is 6.78. The maximum atomic E-state index is 5.90. The van der Waals surface area contributed by atoms with E-state index in [1.54, 1.807) is 0 Å². The summed E-state index contributed by atoms with van der Waals surface area (Å²) in [6, 6.07) is 8.58. The Morgan fingerprint density at radius 2 is 2.11 bits per heavy atom. The average molecular weight is 277 g/mol. The van der Waals surface area contributed by atoms with Crippen molar-refractivity contribution in [2.75, 3.05) is 26.2 Å². The summed E-state index contributed by atoms with van der Waals surface area (Å²) in [4.78, 5) is 2.41. The third-order valence-electron chi connectivity index (χ3n) is 3.62. The average Bonchev–Trinajstić information content (AvgIpc) is 2.85. The number of piperidine rings is 1. The summed E-state index contributed by atoms with van der Waals surface area (Å²) in [6.45, 7) is 3.83. The van der Waals surface area contributed by atoms with E-state index in [0.29, 0.717) is 12.6 Å². The molecule has 0 radical (unpaired) electrons. The van der Waals surface area contributed by atoms with Gasteiger partial charge in [0.2, 0.25) is 5.88 Å². The molecule has 1 aromatic heterocycles. The van der Waals surface area contributed by atoms with Gasteiger partial charge in [0.1, 0.15) is 6.61 Å². The fourth-order valence-corrected chi connectivity index (χ4v) is 3.14. The van der Waals surface area contributed by atoms with Crippen LogP contribution in [0, 0.1) is 0 Å². The van der Waals surface area contributed by atoms with E-state index in [0.717, 1.165) is 43.7 Å². The molecule has 0 saturated carbocycles. The van der Waals surface area contributed by atoms with E-state index in [1.165, 1.54) is 16.2 Å². The van der Waals surface area contributed by atoms with E-state index in [-0.39, 0.29) is 0 Å². The van der Waals surface area contributed by atoms with E-state index in [1.807, 2.05) is 12.1 Å². The molecule has 1 fully saturated rings. The summed E-state index contributed by atoms with van der Waals surface area (Å²) in [5.74, 6) is 0.773. The largest absolute Gasteiger partial charge is 0.475 e. The number of aromatic nitrogens is 1. The molecule has 2 heterocycles. The SMILES string of the molecule is NC1CCN(CCOc2nsc3ccccc23)CC1. The second kappa shape index (κ2) is 5.86. The van der Waals surface area contributed by atoms with Crippen molar-refractivity contribution in [2.45, 2.75) is 18.9 Å². The molecule has 0 bridgehead atoms. The van der Waals surface area contributed by atoms with Crippen LogP contribution < -0.4 is 10.5 Å². The van der Waals surface area contributed by atoms with Gasteiger partial charge in [-0.2, -0.15) is 4.37 Å². The standard InChI is InChI=1S/C14H19N3OS/c15-11-5-7-17(8-6-11)9-10-18-14-12-3-1-2-4-13(12)19-16-14/h1-4,11H,5-10,15H2. The van der Waals surface area contributed by atoms with Gasteiger partial charge in [-0.25, -0.2) is 0 Å². The smallest absolute Gasteiger partial charge is 0.233 e. The summed E-state index contributed by atoms with van der Waals surface area (Å²) >= 11 is 1.50. The molecule has 0 spiro atoms. The molecule has 1 aliphatic rings. The first-order chi connectivity index (χ1) is 9.33. The highest BCUT2D eigenvalue weighted by atomic mass is 32.1. The maximum absolute atomic E-state index is 5.90. The summed E-state index contributed by atoms with van der Waals surface area (Å²) < 4.78 is 11.4. The van der Waals surface area contributed by atoms with Gasteiger partial charge < -0.3 is 10.5 Å². The van der Waals surface area contributed by atoms with Crippen LogP contribution in [-0.2, 0) is 0 Å². The second-order valence-electron chi connectivity index (χ2n) is 5.01. The first-order valence-corrected chi connectivity index (χ1v) is 7.55. The van der Waals surface area contributed by atoms with Crippen molar-refractivity contribution in [2.24, 2.45) is 5.73 Å². The highest BCUT2D eigenvalue weighted by Crippen LogP contribution is 2.27. The van der Waals surface area contributed by atoms with Crippen molar-refractivity contribution in [1.82, 2.24) is 9.27 Å². The Morgan fingerprint density at radius 3 is 2.95 bits per heavy atom. The molecule has 0 unspecified atom stereocenters. The zero-order valence-electron chi connectivity index (χ0n) is 10.9. The van der Waals surface area contributed by atoms with Crippen LogP contribution in [0.3, 0.4) is 0 Å². The third-order valence-corrected chi connectivity index (χ3v) is 4.43. The Hall–Kier alpha value is -1.17. The molecule has 1 aromatic carbocycles. The molecule has 1 aliphatic heterocycles. The van der Waals surface area contributed by atoms with Crippen molar-refractivity contribution < 1.29 is 4.74 Å². The molecular weight excluding hydrogens is 258 g/mol. The molecule has 4 nitrogen and oxygen atoms in total. The molecule has 0 aliphatic carbocycles. The lowest BCUT2D eigenvalue weighted by atomic mass is 10.1. The van der Waals surface area contributed by atoms with Crippen LogP contribution in [0.2, 0.25) is 0 Å². The Balaban J connectivity index is 1.52. The van der Waals surface area contributed by atoms with Gasteiger partial charge in [0, 0.05) is 12.6 Å². The van der Waals surface area contributed by atoms with Gasteiger partial charge in [-0.3, -0.25) is 4.90 Å². The second-order valence-corrected chi connectivity index (χ2v) is 5.82. The molecule has 2 aromatic rings. The predicted octanol–water partition coefficient (Wildman–Crippen LogP) is 2.10. The molecule has 2 N–H and O–H groups in total. The third kappa shape index (κ3) is 3.05. The molecule has 102 valence electrons. The normalized spacial score (nSPS) is 17.9. The number of likely N-dealkylation sites (tertiary alicyclic amines) is 1. The number of nitrogens with zero attached hydrogens (tertiary/aromatic N) is 2. The highest BCUT2D eigenvalue weighted by molar-refractivity contribution is 7.13. The molecule has 1 saturated heterocycles. The van der Waals surface area contributed by atoms with Crippen LogP contribution >= 0.6 is 11.5 Å². The Labute approximate surface area is 117 Å². The number of hydrogen-bond acceptors (Lipinski definition) is 5. The van der Waals surface area contributed by atoms with Gasteiger partial charge in [0.25, 0.3) is 0 Å². The van der Waals surface area contributed by atoms with Gasteiger partial charge in [-0.05, 0) is 49.6 Å². The van der Waals surface area contributed by atoms with Crippen LogP contribution in [0.1, 0.15) is 12.8 Å². The number of rotatable bonds is 4. The van der Waals surface area contributed by atoms with Crippen LogP contribution in [0.5, 0.6) is 5.88 Å². The Kier molecular flexibility index (Phi) is 3.96. The van der Waals surface area contributed by atoms with E-state index < -0.39 is 0 Å². The van der Waals surface area contributed by atoms with E-state index >= 15 is 0 Å². The summed E-state index contributed by atoms with van der Waals surface area (Å²) in [7, 11) is 0. The topological polar surface area (TPSA) is 51.4 Å². The van der Waals surface area contributed by atoms with Crippen molar-refractivity contribution in [3.63, 3.8) is 0 Å². The van der Waals surface area contributed by atoms with Gasteiger partial charge >= 0.3 is 0 Å². The molecule has 5 heteroatoms. The van der Waals surface area contributed by atoms with Crippen molar-refractivity contribution in [3.05, 3.63) is 24.3 Å². The zero-order valence-corrected chi connectivity index (χ0v) is 11.7. The zero-order chi connectivity index (χ0) is 13.1. The summed E-state index contributed by atoms with van der Waals surface area (Å²) in [5.41, 5.74) is 5.90. The van der Waals surface area contributed by atoms with Gasteiger partial charge in [0.15, 0.2) is 0 Å². The minimum absolute atomic E-state index is 0.389. The van der Waals surface area contributed by atoms with Gasteiger partial charge in [-0.15, -0.1) is 0 Å². The molecule has 0 amide bonds. The minimum atomic E-state index is 0.389. The van der Waals surface area contributed by atoms with Crippen LogP contribution in [-0.4, -0.2) is 41.6 Å². The number of fused-ring (bicyclic) bond motifs is 1. The lowest BCUT2D eigenvalue weighted by Crippen LogP contribution is -2.41. The minimum Gasteiger partial charge on any atom is -0.475 e. The molecule has 0 atom stereocenters. The number of hydrogen-bond donors (Lipinski definition) is 1. The van der Waals surface area contributed by atoms with E-state index in [2.05, 4.69) is 21.4 Å². The number of nitrogens with two attached hydrogens (primary N) is 1. The fraction of sp³-hybridized carbons (Fsp3) is 0.500. The molecule has 19 heavy (non-hydrogen) atoms. The van der Waals surface area contributed by atoms with Crippen molar-refractivity contribution in [1.29, 1.82) is 0 Å². The Bertz CT molecular complexity index is 534. The van der Waals surface area contributed by atoms with Gasteiger partial charge in [-0.1, -0.05) is 12.1 Å². The van der Waals surface area contributed by atoms with E-state index in [9.17, 15) is 0 Å². The van der Waals surface area contributed by atoms with Crippen LogP contribution in [0.25, 0.3) is 10.1 Å². The quantitative estimate of drug-likeness (QED) is 0.930. The lowest BCUT2D eigenvalue weighted by molar-refractivity contribution is 0.173. The van der Waals surface area contributed by atoms with Crippen molar-refractivity contribution >= 4 is 21.6 Å². The summed E-state index contributed by atoms with van der Waals surface area (Å²) in [6.07, 6.45) is 2.19. The first kappa shape index (κ1) is 12.8. The highest BCUT2D eigenvalue weighted by Gasteiger charge is 2.15. The van der Waals surface area contributed by atoms with Crippen LogP contribution in [0.15, 0.2) is 24.3 Å². The Morgan fingerprint density at radius 1 is 1.32 bits per heavy atom. The fourth-order valence-electron chi connectivity index (χ4n) is 2.41. The number of ether oxygens (including phenoxy) is 1. The lowest BCUT2D eigenvalue weighted by Gasteiger charge is -2.29. The predicted molar refractivity (Wildman–Crippen MR) is 78.8 cm³/mol.